The fourth-order valence-electron chi connectivity index (χ4n) is 2.53. The van der Waals surface area contributed by atoms with Crippen molar-refractivity contribution in [2.75, 3.05) is 5.32 Å². The fourth-order valence-corrected chi connectivity index (χ4v) is 2.53. The summed E-state index contributed by atoms with van der Waals surface area (Å²) in [5.41, 5.74) is 2.79. The highest BCUT2D eigenvalue weighted by Crippen LogP contribution is 2.20. The minimum Gasteiger partial charge on any atom is -0.458 e. The second-order valence-electron chi connectivity index (χ2n) is 7.29. The zero-order valence-corrected chi connectivity index (χ0v) is 15.9. The summed E-state index contributed by atoms with van der Waals surface area (Å²) in [6, 6.07) is 13.5. The molecule has 0 spiro atoms. The Kier molecular flexibility index (Phi) is 6.03. The van der Waals surface area contributed by atoms with Crippen LogP contribution in [0, 0.1) is 13.8 Å². The van der Waals surface area contributed by atoms with Crippen molar-refractivity contribution in [3.8, 4) is 0 Å². The van der Waals surface area contributed by atoms with Gasteiger partial charge >= 0.3 is 12.0 Å². The molecule has 2 aromatic rings. The van der Waals surface area contributed by atoms with E-state index in [4.69, 9.17) is 4.74 Å². The Morgan fingerprint density at radius 3 is 2.23 bits per heavy atom. The molecule has 5 heteroatoms. The van der Waals surface area contributed by atoms with E-state index < -0.39 is 23.6 Å². The third-order valence-corrected chi connectivity index (χ3v) is 3.68. The normalized spacial score (nSPS) is 12.2. The molecule has 0 aliphatic heterocycles. The molecular formula is C21H26N2O3. The Morgan fingerprint density at radius 2 is 1.65 bits per heavy atom. The molecule has 1 atom stereocenters. The molecule has 26 heavy (non-hydrogen) atoms. The predicted molar refractivity (Wildman–Crippen MR) is 103 cm³/mol. The lowest BCUT2D eigenvalue weighted by Gasteiger charge is -2.25. The van der Waals surface area contributed by atoms with Crippen LogP contribution >= 0.6 is 0 Å². The number of rotatable bonds is 4. The number of aryl methyl sites for hydroxylation is 2. The van der Waals surface area contributed by atoms with Gasteiger partial charge in [0.05, 0.1) is 0 Å². The third kappa shape index (κ3) is 5.62. The largest absolute Gasteiger partial charge is 0.458 e. The van der Waals surface area contributed by atoms with Crippen molar-refractivity contribution in [2.45, 2.75) is 46.3 Å². The lowest BCUT2D eigenvalue weighted by molar-refractivity contribution is -0.157. The average molecular weight is 354 g/mol. The molecule has 2 N–H and O–H groups in total. The molecule has 0 radical (unpaired) electrons. The number of nitrogens with one attached hydrogen (secondary N) is 2. The first-order valence-electron chi connectivity index (χ1n) is 8.58. The second kappa shape index (κ2) is 8.04. The van der Waals surface area contributed by atoms with Crippen molar-refractivity contribution in [3.63, 3.8) is 0 Å². The lowest BCUT2D eigenvalue weighted by atomic mass is 10.1. The molecule has 2 rings (SSSR count). The number of anilines is 1. The number of carbonyl (C=O) groups is 2. The number of esters is 1. The van der Waals surface area contributed by atoms with E-state index in [1.807, 2.05) is 50.2 Å². The molecule has 0 bridgehead atoms. The van der Waals surface area contributed by atoms with Gasteiger partial charge in [0.1, 0.15) is 5.60 Å². The summed E-state index contributed by atoms with van der Waals surface area (Å²) >= 11 is 0. The van der Waals surface area contributed by atoms with Crippen molar-refractivity contribution in [1.82, 2.24) is 5.32 Å². The zero-order valence-electron chi connectivity index (χ0n) is 15.9. The van der Waals surface area contributed by atoms with Gasteiger partial charge in [-0.05, 0) is 51.8 Å². The monoisotopic (exact) mass is 354 g/mol. The van der Waals surface area contributed by atoms with Crippen LogP contribution in [0.5, 0.6) is 0 Å². The van der Waals surface area contributed by atoms with E-state index in [1.54, 1.807) is 32.9 Å². The van der Waals surface area contributed by atoms with Gasteiger partial charge in [-0.25, -0.2) is 9.59 Å². The summed E-state index contributed by atoms with van der Waals surface area (Å²) in [6.07, 6.45) is 0. The molecule has 0 aliphatic carbocycles. The first-order valence-corrected chi connectivity index (χ1v) is 8.58. The van der Waals surface area contributed by atoms with Crippen molar-refractivity contribution in [1.29, 1.82) is 0 Å². The van der Waals surface area contributed by atoms with Crippen LogP contribution in [0.25, 0.3) is 0 Å². The topological polar surface area (TPSA) is 67.4 Å². The van der Waals surface area contributed by atoms with Crippen LogP contribution in [-0.4, -0.2) is 17.6 Å². The van der Waals surface area contributed by atoms with Crippen LogP contribution in [0.2, 0.25) is 0 Å². The Hall–Kier alpha value is -2.82. The van der Waals surface area contributed by atoms with E-state index in [0.29, 0.717) is 11.3 Å². The van der Waals surface area contributed by atoms with Gasteiger partial charge in [-0.3, -0.25) is 0 Å². The minimum absolute atomic E-state index is 0.461. The molecule has 2 amide bonds. The van der Waals surface area contributed by atoms with Gasteiger partial charge in [0, 0.05) is 5.69 Å². The van der Waals surface area contributed by atoms with E-state index in [-0.39, 0.29) is 0 Å². The molecule has 0 heterocycles. The smallest absolute Gasteiger partial charge is 0.333 e. The molecule has 0 aliphatic rings. The predicted octanol–water partition coefficient (Wildman–Crippen LogP) is 4.51. The summed E-state index contributed by atoms with van der Waals surface area (Å²) < 4.78 is 5.46. The van der Waals surface area contributed by atoms with Crippen LogP contribution in [0.4, 0.5) is 10.5 Å². The van der Waals surface area contributed by atoms with Crippen molar-refractivity contribution < 1.29 is 14.3 Å². The molecule has 0 saturated heterocycles. The molecule has 138 valence electrons. The van der Waals surface area contributed by atoms with E-state index in [2.05, 4.69) is 10.6 Å². The number of urea groups is 1. The highest BCUT2D eigenvalue weighted by atomic mass is 16.6. The highest BCUT2D eigenvalue weighted by Gasteiger charge is 2.28. The van der Waals surface area contributed by atoms with E-state index in [0.717, 1.165) is 11.1 Å². The first-order chi connectivity index (χ1) is 12.2. The van der Waals surface area contributed by atoms with Gasteiger partial charge in [0.2, 0.25) is 0 Å². The molecule has 0 unspecified atom stereocenters. The van der Waals surface area contributed by atoms with Gasteiger partial charge < -0.3 is 15.4 Å². The third-order valence-electron chi connectivity index (χ3n) is 3.68. The summed E-state index contributed by atoms with van der Waals surface area (Å²) in [7, 11) is 0. The molecule has 0 aromatic heterocycles. The van der Waals surface area contributed by atoms with E-state index in [9.17, 15) is 9.59 Å². The molecular weight excluding hydrogens is 328 g/mol. The maximum absolute atomic E-state index is 12.6. The maximum atomic E-state index is 12.6. The summed E-state index contributed by atoms with van der Waals surface area (Å²) in [6.45, 7) is 9.30. The molecule has 5 nitrogen and oxygen atoms in total. The maximum Gasteiger partial charge on any atom is 0.333 e. The number of hydrogen-bond acceptors (Lipinski definition) is 3. The second-order valence-corrected chi connectivity index (χ2v) is 7.29. The van der Waals surface area contributed by atoms with Crippen LogP contribution in [0.15, 0.2) is 48.5 Å². The summed E-state index contributed by atoms with van der Waals surface area (Å²) in [4.78, 5) is 25.1. The first kappa shape index (κ1) is 19.5. The van der Waals surface area contributed by atoms with E-state index >= 15 is 0 Å². The number of carbonyl (C=O) groups excluding carboxylic acids is 2. The van der Waals surface area contributed by atoms with Gasteiger partial charge in [-0.2, -0.15) is 0 Å². The summed E-state index contributed by atoms with van der Waals surface area (Å²) in [5, 5.41) is 5.52. The van der Waals surface area contributed by atoms with Crippen LogP contribution < -0.4 is 10.6 Å². The number of amides is 2. The van der Waals surface area contributed by atoms with Crippen LogP contribution in [0.1, 0.15) is 43.5 Å². The Labute approximate surface area is 154 Å². The van der Waals surface area contributed by atoms with Crippen molar-refractivity contribution >= 4 is 17.7 Å². The zero-order chi connectivity index (χ0) is 19.3. The number of hydrogen-bond donors (Lipinski definition) is 2. The standard InChI is InChI=1S/C21H26N2O3/c1-14-11-12-17(15(2)13-14)22-20(25)23-18(16-9-7-6-8-10-16)19(24)26-21(3,4)5/h6-13,18H,1-5H3,(H2,22,23,25)/t18-/m1/s1. The van der Waals surface area contributed by atoms with Gasteiger partial charge in [0.15, 0.2) is 6.04 Å². The molecule has 0 saturated carbocycles. The average Bonchev–Trinajstić information content (AvgIpc) is 2.54. The van der Waals surface area contributed by atoms with Gasteiger partial charge in [0.25, 0.3) is 0 Å². The Morgan fingerprint density at radius 1 is 1.00 bits per heavy atom. The van der Waals surface area contributed by atoms with Crippen molar-refractivity contribution in [2.24, 2.45) is 0 Å². The molecule has 0 fully saturated rings. The SMILES string of the molecule is Cc1ccc(NC(=O)N[C@@H](C(=O)OC(C)(C)C)c2ccccc2)c(C)c1. The highest BCUT2D eigenvalue weighted by molar-refractivity contribution is 5.93. The lowest BCUT2D eigenvalue weighted by Crippen LogP contribution is -2.40. The fraction of sp³-hybridized carbons (Fsp3) is 0.333. The quantitative estimate of drug-likeness (QED) is 0.794. The summed E-state index contributed by atoms with van der Waals surface area (Å²) in [5.74, 6) is -0.500. The van der Waals surface area contributed by atoms with Gasteiger partial charge in [-0.1, -0.05) is 48.0 Å². The van der Waals surface area contributed by atoms with Crippen molar-refractivity contribution in [3.05, 3.63) is 65.2 Å². The number of benzene rings is 2. The van der Waals surface area contributed by atoms with Crippen LogP contribution in [0.3, 0.4) is 0 Å². The number of ether oxygens (including phenoxy) is 1. The van der Waals surface area contributed by atoms with Crippen LogP contribution in [-0.2, 0) is 9.53 Å². The Balaban J connectivity index is 2.18. The minimum atomic E-state index is -0.888. The Bertz CT molecular complexity index is 780. The van der Waals surface area contributed by atoms with Gasteiger partial charge in [-0.15, -0.1) is 0 Å². The molecule has 2 aromatic carbocycles. The van der Waals surface area contributed by atoms with E-state index in [1.165, 1.54) is 0 Å².